The number of halogens is 1. The van der Waals surface area contributed by atoms with E-state index in [1.807, 2.05) is 0 Å². The minimum atomic E-state index is -0.492. The third-order valence-electron chi connectivity index (χ3n) is 1.91. The standard InChI is InChI=1S/C9H5ClN2O3S/c10-8-5-9(13)11(16-8)6-1-3-7(4-2-6)12(14)15/h1-5H. The third kappa shape index (κ3) is 1.98. The Morgan fingerprint density at radius 1 is 1.31 bits per heavy atom. The maximum Gasteiger partial charge on any atom is 0.269 e. The maximum atomic E-state index is 11.4. The van der Waals surface area contributed by atoms with Gasteiger partial charge in [-0.1, -0.05) is 11.6 Å². The van der Waals surface area contributed by atoms with Crippen LogP contribution in [0.3, 0.4) is 0 Å². The summed E-state index contributed by atoms with van der Waals surface area (Å²) in [6.45, 7) is 0. The average molecular weight is 257 g/mol. The number of rotatable bonds is 2. The van der Waals surface area contributed by atoms with Gasteiger partial charge in [0.2, 0.25) is 0 Å². The highest BCUT2D eigenvalue weighted by Gasteiger charge is 2.07. The molecule has 0 saturated heterocycles. The summed E-state index contributed by atoms with van der Waals surface area (Å²) in [7, 11) is 0. The Morgan fingerprint density at radius 2 is 1.94 bits per heavy atom. The summed E-state index contributed by atoms with van der Waals surface area (Å²) in [6, 6.07) is 7.00. The van der Waals surface area contributed by atoms with Crippen LogP contribution in [0.4, 0.5) is 5.69 Å². The van der Waals surface area contributed by atoms with Crippen molar-refractivity contribution in [3.63, 3.8) is 0 Å². The Balaban J connectivity index is 2.46. The van der Waals surface area contributed by atoms with E-state index in [1.54, 1.807) is 0 Å². The largest absolute Gasteiger partial charge is 0.269 e. The van der Waals surface area contributed by atoms with Crippen LogP contribution in [-0.2, 0) is 0 Å². The molecule has 0 aliphatic carbocycles. The summed E-state index contributed by atoms with van der Waals surface area (Å²) in [5.41, 5.74) is 0.302. The topological polar surface area (TPSA) is 65.1 Å². The van der Waals surface area contributed by atoms with Gasteiger partial charge in [-0.05, 0) is 23.7 Å². The van der Waals surface area contributed by atoms with Crippen molar-refractivity contribution < 1.29 is 4.92 Å². The first kappa shape index (κ1) is 10.8. The van der Waals surface area contributed by atoms with Crippen LogP contribution < -0.4 is 5.56 Å². The molecule has 5 nitrogen and oxygen atoms in total. The summed E-state index contributed by atoms with van der Waals surface area (Å²) in [4.78, 5) is 21.4. The molecule has 82 valence electrons. The van der Waals surface area contributed by atoms with Crippen molar-refractivity contribution in [2.75, 3.05) is 0 Å². The van der Waals surface area contributed by atoms with Crippen LogP contribution in [0.25, 0.3) is 5.69 Å². The lowest BCUT2D eigenvalue weighted by Gasteiger charge is -1.98. The predicted molar refractivity (Wildman–Crippen MR) is 61.6 cm³/mol. The van der Waals surface area contributed by atoms with Crippen LogP contribution >= 0.6 is 23.1 Å². The van der Waals surface area contributed by atoms with E-state index < -0.39 is 4.92 Å². The fourth-order valence-corrected chi connectivity index (χ4v) is 2.20. The van der Waals surface area contributed by atoms with E-state index in [4.69, 9.17) is 11.6 Å². The minimum Gasteiger partial charge on any atom is -0.268 e. The van der Waals surface area contributed by atoms with Gasteiger partial charge in [-0.3, -0.25) is 14.9 Å². The zero-order chi connectivity index (χ0) is 11.7. The Morgan fingerprint density at radius 3 is 2.38 bits per heavy atom. The molecule has 2 rings (SSSR count). The fourth-order valence-electron chi connectivity index (χ4n) is 1.20. The Kier molecular flexibility index (Phi) is 2.76. The van der Waals surface area contributed by atoms with E-state index in [-0.39, 0.29) is 11.2 Å². The fraction of sp³-hybridized carbons (Fsp3) is 0. The summed E-state index contributed by atoms with van der Waals surface area (Å²) in [6.07, 6.45) is 0. The number of non-ortho nitro benzene ring substituents is 1. The Labute approximate surface area is 98.8 Å². The molecule has 0 unspecified atom stereocenters. The van der Waals surface area contributed by atoms with Crippen molar-refractivity contribution in [3.05, 3.63) is 55.1 Å². The Bertz CT molecular complexity index is 588. The molecule has 2 aromatic rings. The molecule has 0 amide bonds. The molecule has 0 atom stereocenters. The van der Waals surface area contributed by atoms with E-state index in [2.05, 4.69) is 0 Å². The normalized spacial score (nSPS) is 10.3. The molecule has 7 heteroatoms. The highest BCUT2D eigenvalue weighted by atomic mass is 35.5. The molecule has 1 heterocycles. The number of aromatic nitrogens is 1. The van der Waals surface area contributed by atoms with Crippen LogP contribution in [0.1, 0.15) is 0 Å². The molecule has 0 fully saturated rings. The first-order valence-electron chi connectivity index (χ1n) is 4.21. The number of nitro groups is 1. The predicted octanol–water partition coefficient (Wildman–Crippen LogP) is 2.46. The first-order chi connectivity index (χ1) is 7.58. The molecule has 0 aliphatic rings. The van der Waals surface area contributed by atoms with Gasteiger partial charge in [-0.2, -0.15) is 0 Å². The van der Waals surface area contributed by atoms with E-state index in [0.717, 1.165) is 11.5 Å². The van der Waals surface area contributed by atoms with E-state index in [9.17, 15) is 14.9 Å². The molecule has 0 saturated carbocycles. The minimum absolute atomic E-state index is 0.0144. The summed E-state index contributed by atoms with van der Waals surface area (Å²) < 4.78 is 1.75. The molecule has 16 heavy (non-hydrogen) atoms. The van der Waals surface area contributed by atoms with Gasteiger partial charge in [0.05, 0.1) is 10.6 Å². The summed E-state index contributed by atoms with van der Waals surface area (Å²) in [5, 5.41) is 10.4. The number of benzene rings is 1. The van der Waals surface area contributed by atoms with Crippen molar-refractivity contribution in [2.24, 2.45) is 0 Å². The van der Waals surface area contributed by atoms with Crippen LogP contribution in [0.15, 0.2) is 35.1 Å². The van der Waals surface area contributed by atoms with Crippen molar-refractivity contribution in [1.82, 2.24) is 3.96 Å². The molecule has 0 N–H and O–H groups in total. The van der Waals surface area contributed by atoms with Crippen LogP contribution in [0, 0.1) is 10.1 Å². The van der Waals surface area contributed by atoms with Gasteiger partial charge >= 0.3 is 0 Å². The van der Waals surface area contributed by atoms with E-state index in [1.165, 1.54) is 34.3 Å². The zero-order valence-electron chi connectivity index (χ0n) is 7.79. The van der Waals surface area contributed by atoms with Crippen molar-refractivity contribution >= 4 is 28.8 Å². The lowest BCUT2D eigenvalue weighted by atomic mass is 10.3. The van der Waals surface area contributed by atoms with Gasteiger partial charge < -0.3 is 0 Å². The first-order valence-corrected chi connectivity index (χ1v) is 5.37. The molecular formula is C9H5ClN2O3S. The van der Waals surface area contributed by atoms with Crippen molar-refractivity contribution in [2.45, 2.75) is 0 Å². The van der Waals surface area contributed by atoms with Crippen LogP contribution in [-0.4, -0.2) is 8.88 Å². The summed E-state index contributed by atoms with van der Waals surface area (Å²) in [5.74, 6) is 0. The quantitative estimate of drug-likeness (QED) is 0.612. The van der Waals surface area contributed by atoms with E-state index in [0.29, 0.717) is 10.0 Å². The number of nitro benzene ring substituents is 1. The SMILES string of the molecule is O=c1cc(Cl)sn1-c1ccc([N+](=O)[O-])cc1. The molecule has 1 aromatic carbocycles. The molecule has 0 bridgehead atoms. The van der Waals surface area contributed by atoms with Crippen LogP contribution in [0.5, 0.6) is 0 Å². The van der Waals surface area contributed by atoms with Gasteiger partial charge in [0.15, 0.2) is 0 Å². The zero-order valence-corrected chi connectivity index (χ0v) is 9.36. The summed E-state index contributed by atoms with van der Waals surface area (Å²) >= 11 is 6.77. The van der Waals surface area contributed by atoms with Gasteiger partial charge in [-0.25, -0.2) is 3.96 Å². The molecular weight excluding hydrogens is 252 g/mol. The smallest absolute Gasteiger partial charge is 0.268 e. The van der Waals surface area contributed by atoms with Crippen LogP contribution in [0.2, 0.25) is 4.34 Å². The second-order valence-corrected chi connectivity index (χ2v) is 4.56. The highest BCUT2D eigenvalue weighted by Crippen LogP contribution is 2.19. The van der Waals surface area contributed by atoms with Crippen molar-refractivity contribution in [1.29, 1.82) is 0 Å². The molecule has 1 aromatic heterocycles. The maximum absolute atomic E-state index is 11.4. The Hall–Kier alpha value is -1.66. The van der Waals surface area contributed by atoms with Crippen molar-refractivity contribution in [3.8, 4) is 5.69 Å². The molecule has 0 spiro atoms. The number of hydrogen-bond acceptors (Lipinski definition) is 4. The number of hydrogen-bond donors (Lipinski definition) is 0. The van der Waals surface area contributed by atoms with E-state index >= 15 is 0 Å². The second-order valence-electron chi connectivity index (χ2n) is 2.95. The lowest BCUT2D eigenvalue weighted by Crippen LogP contribution is -2.09. The highest BCUT2D eigenvalue weighted by molar-refractivity contribution is 7.11. The second kappa shape index (κ2) is 4.07. The third-order valence-corrected chi connectivity index (χ3v) is 3.09. The molecule has 0 radical (unpaired) electrons. The lowest BCUT2D eigenvalue weighted by molar-refractivity contribution is -0.384. The average Bonchev–Trinajstić information content (AvgIpc) is 2.58. The van der Waals surface area contributed by atoms with Gasteiger partial charge in [0.25, 0.3) is 11.2 Å². The van der Waals surface area contributed by atoms with Gasteiger partial charge in [0.1, 0.15) is 4.34 Å². The van der Waals surface area contributed by atoms with Gasteiger partial charge in [0, 0.05) is 18.2 Å². The monoisotopic (exact) mass is 256 g/mol. The van der Waals surface area contributed by atoms with Gasteiger partial charge in [-0.15, -0.1) is 0 Å². The number of nitrogens with zero attached hydrogens (tertiary/aromatic N) is 2. The molecule has 0 aliphatic heterocycles.